The van der Waals surface area contributed by atoms with E-state index in [0.717, 1.165) is 5.56 Å². The molecule has 2 unspecified atom stereocenters. The Kier molecular flexibility index (Phi) is 11.2. The topological polar surface area (TPSA) is 186 Å². The number of ether oxygens (including phenoxy) is 2. The second kappa shape index (κ2) is 15.5. The van der Waals surface area contributed by atoms with E-state index >= 15 is 0 Å². The van der Waals surface area contributed by atoms with Gasteiger partial charge in [0.15, 0.2) is 6.04 Å². The third-order valence-electron chi connectivity index (χ3n) is 8.20. The van der Waals surface area contributed by atoms with Gasteiger partial charge in [0.1, 0.15) is 23.5 Å². The Labute approximate surface area is 314 Å². The highest BCUT2D eigenvalue weighted by Gasteiger charge is 2.45. The van der Waals surface area contributed by atoms with Gasteiger partial charge in [-0.1, -0.05) is 48.5 Å². The molecule has 5 rings (SSSR count). The highest BCUT2D eigenvalue weighted by Crippen LogP contribution is 2.40. The minimum Gasteiger partial charge on any atom is -0.456 e. The van der Waals surface area contributed by atoms with E-state index in [0.29, 0.717) is 16.8 Å². The predicted octanol–water partition coefficient (Wildman–Crippen LogP) is 6.09. The van der Waals surface area contributed by atoms with Crippen LogP contribution in [0.4, 0.5) is 21.9 Å². The van der Waals surface area contributed by atoms with Crippen LogP contribution in [0.2, 0.25) is 0 Å². The molecule has 13 heteroatoms. The lowest BCUT2D eigenvalue weighted by Gasteiger charge is -2.32. The number of fused-ring (bicyclic) bond motifs is 1. The first kappa shape index (κ1) is 39.2. The van der Waals surface area contributed by atoms with Crippen LogP contribution < -0.4 is 31.9 Å². The summed E-state index contributed by atoms with van der Waals surface area (Å²) in [5, 5.41) is 5.24. The van der Waals surface area contributed by atoms with Gasteiger partial charge in [-0.3, -0.25) is 19.4 Å². The Morgan fingerprint density at radius 1 is 0.648 bits per heavy atom. The van der Waals surface area contributed by atoms with Gasteiger partial charge in [0.05, 0.1) is 22.5 Å². The van der Waals surface area contributed by atoms with Gasteiger partial charge >= 0.3 is 18.0 Å². The molecule has 1 aliphatic heterocycles. The van der Waals surface area contributed by atoms with E-state index in [1.165, 1.54) is 21.9 Å². The van der Waals surface area contributed by atoms with Gasteiger partial charge in [0.2, 0.25) is 0 Å². The summed E-state index contributed by atoms with van der Waals surface area (Å²) in [6.45, 7) is 12.3. The fourth-order valence-corrected chi connectivity index (χ4v) is 5.88. The van der Waals surface area contributed by atoms with Crippen molar-refractivity contribution in [2.24, 2.45) is 11.5 Å². The van der Waals surface area contributed by atoms with Gasteiger partial charge < -0.3 is 31.6 Å². The van der Waals surface area contributed by atoms with E-state index < -0.39 is 59.4 Å². The fraction of sp³-hybridized carbons (Fsp3) is 0.293. The van der Waals surface area contributed by atoms with Crippen molar-refractivity contribution >= 4 is 46.8 Å². The summed E-state index contributed by atoms with van der Waals surface area (Å²) in [6, 6.07) is 23.5. The Hall–Kier alpha value is -6.05. The first-order chi connectivity index (χ1) is 25.3. The number of amides is 4. The summed E-state index contributed by atoms with van der Waals surface area (Å²) in [6.07, 6.45) is -2.52. The van der Waals surface area contributed by atoms with Crippen LogP contribution in [0.3, 0.4) is 0 Å². The van der Waals surface area contributed by atoms with Crippen molar-refractivity contribution < 1.29 is 33.4 Å². The standard InChI is InChI=1S/C41H46N6O7/c1-24-13-10-18-29(21-24)44-39(52)45-32-35(48)46(33(42)25-14-11-16-27(22-25)37(50)53-40(2,3)4)30-19-8-9-20-31(30)47(36(32)49)34(43)26-15-12-17-28(23-26)38(51)54-41(5,6)7/h8-23,32-34H,42-43H2,1-7H3,(H2,44,45,52). The average Bonchev–Trinajstić information content (AvgIpc) is 3.18. The van der Waals surface area contributed by atoms with Crippen LogP contribution in [-0.2, 0) is 19.1 Å². The number of carbonyl (C=O) groups excluding carboxylic acids is 5. The molecule has 13 nitrogen and oxygen atoms in total. The van der Waals surface area contributed by atoms with Crippen LogP contribution in [0.5, 0.6) is 0 Å². The van der Waals surface area contributed by atoms with Crippen molar-refractivity contribution in [2.45, 2.75) is 78.0 Å². The zero-order valence-corrected chi connectivity index (χ0v) is 31.4. The summed E-state index contributed by atoms with van der Waals surface area (Å²) in [5.74, 6) is -2.90. The van der Waals surface area contributed by atoms with Crippen LogP contribution in [-0.4, -0.2) is 47.0 Å². The third-order valence-corrected chi connectivity index (χ3v) is 8.20. The lowest BCUT2D eigenvalue weighted by molar-refractivity contribution is -0.129. The van der Waals surface area contributed by atoms with Crippen molar-refractivity contribution in [3.05, 3.63) is 125 Å². The zero-order valence-electron chi connectivity index (χ0n) is 31.4. The Bertz CT molecular complexity index is 1970. The number of benzene rings is 4. The lowest BCUT2D eigenvalue weighted by atomic mass is 10.1. The average molecular weight is 735 g/mol. The molecular formula is C41H46N6O7. The third kappa shape index (κ3) is 9.11. The molecule has 0 spiro atoms. The zero-order chi connectivity index (χ0) is 39.5. The number of esters is 2. The molecular weight excluding hydrogens is 688 g/mol. The Balaban J connectivity index is 1.61. The van der Waals surface area contributed by atoms with E-state index in [9.17, 15) is 24.0 Å². The van der Waals surface area contributed by atoms with Crippen LogP contribution in [0.1, 0.15) is 91.3 Å². The number of rotatable bonds is 8. The van der Waals surface area contributed by atoms with Crippen LogP contribution in [0.25, 0.3) is 0 Å². The van der Waals surface area contributed by atoms with Crippen molar-refractivity contribution in [3.63, 3.8) is 0 Å². The van der Waals surface area contributed by atoms with E-state index in [1.807, 2.05) is 13.0 Å². The molecule has 282 valence electrons. The summed E-state index contributed by atoms with van der Waals surface area (Å²) in [5.41, 5.74) is 15.0. The number of carbonyl (C=O) groups is 5. The summed E-state index contributed by atoms with van der Waals surface area (Å²) < 4.78 is 11.1. The largest absolute Gasteiger partial charge is 0.456 e. The molecule has 0 saturated carbocycles. The Morgan fingerprint density at radius 3 is 1.52 bits per heavy atom. The quantitative estimate of drug-likeness (QED) is 0.123. The van der Waals surface area contributed by atoms with Gasteiger partial charge in [-0.25, -0.2) is 14.4 Å². The molecule has 0 aromatic heterocycles. The number of aryl methyl sites for hydroxylation is 1. The van der Waals surface area contributed by atoms with Gasteiger partial charge in [0.25, 0.3) is 11.8 Å². The van der Waals surface area contributed by atoms with E-state index in [-0.39, 0.29) is 22.5 Å². The number of nitrogens with zero attached hydrogens (tertiary/aromatic N) is 2. The van der Waals surface area contributed by atoms with Crippen LogP contribution in [0, 0.1) is 6.92 Å². The molecule has 1 aliphatic rings. The molecule has 0 fully saturated rings. The van der Waals surface area contributed by atoms with Crippen molar-refractivity contribution in [1.82, 2.24) is 5.32 Å². The molecule has 4 amide bonds. The second-order valence-corrected chi connectivity index (χ2v) is 15.0. The van der Waals surface area contributed by atoms with Gasteiger partial charge in [0, 0.05) is 5.69 Å². The van der Waals surface area contributed by atoms with Crippen molar-refractivity contribution in [1.29, 1.82) is 0 Å². The summed E-state index contributed by atoms with van der Waals surface area (Å²) in [4.78, 5) is 71.4. The molecule has 0 bridgehead atoms. The van der Waals surface area contributed by atoms with Crippen molar-refractivity contribution in [3.8, 4) is 0 Å². The molecule has 1 heterocycles. The number of anilines is 3. The molecule has 6 N–H and O–H groups in total. The summed E-state index contributed by atoms with van der Waals surface area (Å²) in [7, 11) is 0. The number of hydrogen-bond acceptors (Lipinski definition) is 9. The number of nitrogens with one attached hydrogen (secondary N) is 2. The number of hydrogen-bond donors (Lipinski definition) is 4. The minimum absolute atomic E-state index is 0.199. The van der Waals surface area contributed by atoms with Gasteiger partial charge in [-0.2, -0.15) is 0 Å². The number of nitrogens with two attached hydrogens (primary N) is 2. The van der Waals surface area contributed by atoms with Crippen LogP contribution >= 0.6 is 0 Å². The predicted molar refractivity (Wildman–Crippen MR) is 206 cm³/mol. The fourth-order valence-electron chi connectivity index (χ4n) is 5.88. The van der Waals surface area contributed by atoms with Crippen LogP contribution in [0.15, 0.2) is 97.1 Å². The van der Waals surface area contributed by atoms with Gasteiger partial charge in [-0.05, 0) is 114 Å². The Morgan fingerprint density at radius 2 is 1.09 bits per heavy atom. The first-order valence-corrected chi connectivity index (χ1v) is 17.4. The maximum atomic E-state index is 14.7. The molecule has 4 aromatic carbocycles. The molecule has 0 aliphatic carbocycles. The van der Waals surface area contributed by atoms with E-state index in [4.69, 9.17) is 20.9 Å². The monoisotopic (exact) mass is 734 g/mol. The first-order valence-electron chi connectivity index (χ1n) is 17.4. The SMILES string of the molecule is Cc1cccc(NC(=O)NC2C(=O)N(C(N)c3cccc(C(=O)OC(C)(C)C)c3)c3ccccc3N(C(N)c3cccc(C(=O)OC(C)(C)C)c3)C2=O)c1. The molecule has 0 radical (unpaired) electrons. The van der Waals surface area contributed by atoms with Crippen molar-refractivity contribution in [2.75, 3.05) is 15.1 Å². The number of urea groups is 1. The highest BCUT2D eigenvalue weighted by atomic mass is 16.6. The molecule has 4 aromatic rings. The smallest absolute Gasteiger partial charge is 0.338 e. The number of para-hydroxylation sites is 2. The maximum Gasteiger partial charge on any atom is 0.338 e. The lowest BCUT2D eigenvalue weighted by Crippen LogP contribution is -2.58. The highest BCUT2D eigenvalue weighted by molar-refractivity contribution is 6.22. The normalized spacial score (nSPS) is 15.8. The van der Waals surface area contributed by atoms with E-state index in [2.05, 4.69) is 10.6 Å². The second-order valence-electron chi connectivity index (χ2n) is 15.0. The van der Waals surface area contributed by atoms with Gasteiger partial charge in [-0.15, -0.1) is 0 Å². The molecule has 2 atom stereocenters. The minimum atomic E-state index is -1.83. The van der Waals surface area contributed by atoms with E-state index in [1.54, 1.807) is 120 Å². The summed E-state index contributed by atoms with van der Waals surface area (Å²) >= 11 is 0. The molecule has 0 saturated heterocycles. The molecule has 54 heavy (non-hydrogen) atoms. The maximum absolute atomic E-state index is 14.7.